The summed E-state index contributed by atoms with van der Waals surface area (Å²) < 4.78 is 0. The summed E-state index contributed by atoms with van der Waals surface area (Å²) >= 11 is 0. The van der Waals surface area contributed by atoms with E-state index >= 15 is 0 Å². The quantitative estimate of drug-likeness (QED) is 0.746. The lowest BCUT2D eigenvalue weighted by Crippen LogP contribution is -2.17. The van der Waals surface area contributed by atoms with Crippen LogP contribution in [0.3, 0.4) is 0 Å². The minimum absolute atomic E-state index is 0.630. The summed E-state index contributed by atoms with van der Waals surface area (Å²) in [5, 5.41) is 3.48. The summed E-state index contributed by atoms with van der Waals surface area (Å²) in [7, 11) is 0. The molecule has 2 saturated carbocycles. The zero-order chi connectivity index (χ0) is 9.54. The van der Waals surface area contributed by atoms with Crippen LogP contribution in [0.5, 0.6) is 0 Å². The minimum atomic E-state index is 0.630. The van der Waals surface area contributed by atoms with Gasteiger partial charge >= 0.3 is 0 Å². The van der Waals surface area contributed by atoms with Gasteiger partial charge < -0.3 is 11.1 Å². The second-order valence-electron chi connectivity index (χ2n) is 4.53. The Hall–Kier alpha value is -1.25. The van der Waals surface area contributed by atoms with Crippen LogP contribution in [0.4, 0.5) is 11.4 Å². The first-order valence-electron chi connectivity index (χ1n) is 5.29. The Labute approximate surface area is 83.7 Å². The van der Waals surface area contributed by atoms with Crippen molar-refractivity contribution in [1.29, 1.82) is 0 Å². The van der Waals surface area contributed by atoms with E-state index in [4.69, 9.17) is 5.73 Å². The van der Waals surface area contributed by atoms with Crippen molar-refractivity contribution in [3.63, 3.8) is 0 Å². The number of hydrogen-bond acceptors (Lipinski definition) is 3. The van der Waals surface area contributed by atoms with Crippen molar-refractivity contribution in [1.82, 2.24) is 4.98 Å². The molecule has 1 heterocycles. The van der Waals surface area contributed by atoms with E-state index in [9.17, 15) is 0 Å². The molecule has 0 aliphatic heterocycles. The van der Waals surface area contributed by atoms with Gasteiger partial charge in [0.15, 0.2) is 0 Å². The number of hydrogen-bond donors (Lipinski definition) is 2. The van der Waals surface area contributed by atoms with E-state index in [0.29, 0.717) is 6.04 Å². The van der Waals surface area contributed by atoms with Crippen LogP contribution in [0.15, 0.2) is 18.5 Å². The number of nitrogens with two attached hydrogens (primary N) is 1. The second kappa shape index (κ2) is 2.87. The van der Waals surface area contributed by atoms with Crippen LogP contribution < -0.4 is 11.1 Å². The monoisotopic (exact) mass is 189 g/mol. The van der Waals surface area contributed by atoms with Crippen molar-refractivity contribution in [2.75, 3.05) is 11.1 Å². The van der Waals surface area contributed by atoms with Gasteiger partial charge in [-0.05, 0) is 37.2 Å². The third kappa shape index (κ3) is 1.33. The molecule has 3 heteroatoms. The predicted molar refractivity (Wildman–Crippen MR) is 56.9 cm³/mol. The van der Waals surface area contributed by atoms with Gasteiger partial charge in [-0.25, -0.2) is 0 Å². The van der Waals surface area contributed by atoms with Crippen molar-refractivity contribution < 1.29 is 0 Å². The van der Waals surface area contributed by atoms with E-state index < -0.39 is 0 Å². The largest absolute Gasteiger partial charge is 0.397 e. The summed E-state index contributed by atoms with van der Waals surface area (Å²) in [4.78, 5) is 4.08. The van der Waals surface area contributed by atoms with Crippen LogP contribution >= 0.6 is 0 Å². The zero-order valence-electron chi connectivity index (χ0n) is 8.11. The Bertz CT molecular complexity index is 340. The molecule has 2 unspecified atom stereocenters. The fraction of sp³-hybridized carbons (Fsp3) is 0.545. The third-order valence-electron chi connectivity index (χ3n) is 3.46. The number of aromatic nitrogens is 1. The summed E-state index contributed by atoms with van der Waals surface area (Å²) in [6, 6.07) is 2.48. The lowest BCUT2D eigenvalue weighted by molar-refractivity contribution is 0.651. The molecule has 2 atom stereocenters. The van der Waals surface area contributed by atoms with E-state index in [1.807, 2.05) is 12.3 Å². The lowest BCUT2D eigenvalue weighted by Gasteiger charge is -2.16. The Morgan fingerprint density at radius 1 is 1.29 bits per heavy atom. The number of nitrogen functional groups attached to an aromatic ring is 1. The van der Waals surface area contributed by atoms with Gasteiger partial charge in [-0.2, -0.15) is 0 Å². The van der Waals surface area contributed by atoms with Crippen molar-refractivity contribution in [3.05, 3.63) is 18.5 Å². The highest BCUT2D eigenvalue weighted by molar-refractivity contribution is 5.64. The molecule has 3 nitrogen and oxygen atoms in total. The summed E-state index contributed by atoms with van der Waals surface area (Å²) in [5.74, 6) is 2.01. The van der Waals surface area contributed by atoms with Crippen LogP contribution in [0.2, 0.25) is 0 Å². The highest BCUT2D eigenvalue weighted by Gasteiger charge is 2.45. The fourth-order valence-corrected chi connectivity index (χ4v) is 2.58. The second-order valence-corrected chi connectivity index (χ2v) is 4.53. The number of fused-ring (bicyclic) bond motifs is 1. The van der Waals surface area contributed by atoms with Gasteiger partial charge in [-0.3, -0.25) is 4.98 Å². The Morgan fingerprint density at radius 2 is 2.07 bits per heavy atom. The summed E-state index contributed by atoms with van der Waals surface area (Å²) in [6.07, 6.45) is 7.64. The molecular formula is C11H15N3. The number of nitrogens with zero attached hydrogens (tertiary/aromatic N) is 1. The van der Waals surface area contributed by atoms with Crippen molar-refractivity contribution in [2.24, 2.45) is 11.8 Å². The Kier molecular flexibility index (Phi) is 1.66. The van der Waals surface area contributed by atoms with Crippen molar-refractivity contribution >= 4 is 11.4 Å². The Morgan fingerprint density at radius 3 is 2.79 bits per heavy atom. The maximum atomic E-state index is 5.84. The van der Waals surface area contributed by atoms with Crippen molar-refractivity contribution in [2.45, 2.75) is 25.3 Å². The molecule has 0 bridgehead atoms. The zero-order valence-corrected chi connectivity index (χ0v) is 8.11. The normalized spacial score (nSPS) is 33.9. The molecule has 0 radical (unpaired) electrons. The smallest absolute Gasteiger partial charge is 0.0762 e. The molecule has 2 aliphatic carbocycles. The van der Waals surface area contributed by atoms with Gasteiger partial charge in [0.25, 0.3) is 0 Å². The van der Waals surface area contributed by atoms with E-state index in [2.05, 4.69) is 10.3 Å². The van der Waals surface area contributed by atoms with E-state index in [0.717, 1.165) is 23.2 Å². The number of nitrogens with one attached hydrogen (secondary N) is 1. The van der Waals surface area contributed by atoms with Crippen LogP contribution in [-0.2, 0) is 0 Å². The first-order valence-corrected chi connectivity index (χ1v) is 5.29. The lowest BCUT2D eigenvalue weighted by atomic mass is 10.1. The maximum absolute atomic E-state index is 5.84. The average Bonchev–Trinajstić information content (AvgIpc) is 2.79. The van der Waals surface area contributed by atoms with Crippen LogP contribution in [-0.4, -0.2) is 11.0 Å². The Balaban J connectivity index is 1.69. The molecule has 0 amide bonds. The van der Waals surface area contributed by atoms with Crippen LogP contribution in [0.25, 0.3) is 0 Å². The van der Waals surface area contributed by atoms with E-state index in [1.165, 1.54) is 19.3 Å². The van der Waals surface area contributed by atoms with Gasteiger partial charge in [0.2, 0.25) is 0 Å². The third-order valence-corrected chi connectivity index (χ3v) is 3.46. The highest BCUT2D eigenvalue weighted by Crippen LogP contribution is 2.52. The first-order chi connectivity index (χ1) is 6.83. The molecule has 0 saturated heterocycles. The standard InChI is InChI=1S/C11H15N3/c12-10-1-2-13-6-11(10)14-9-4-7-3-8(7)5-9/h1-2,6-9,14H,3-5H2,(H2,12,13). The summed E-state index contributed by atoms with van der Waals surface area (Å²) in [5.41, 5.74) is 7.65. The van der Waals surface area contributed by atoms with Gasteiger partial charge in [0, 0.05) is 12.2 Å². The maximum Gasteiger partial charge on any atom is 0.0762 e. The van der Waals surface area contributed by atoms with Crippen molar-refractivity contribution in [3.8, 4) is 0 Å². The van der Waals surface area contributed by atoms with Gasteiger partial charge in [-0.1, -0.05) is 0 Å². The van der Waals surface area contributed by atoms with Crippen LogP contribution in [0, 0.1) is 11.8 Å². The van der Waals surface area contributed by atoms with Gasteiger partial charge in [0.05, 0.1) is 17.6 Å². The molecular weight excluding hydrogens is 174 g/mol. The fourth-order valence-electron chi connectivity index (χ4n) is 2.58. The number of rotatable bonds is 2. The first kappa shape index (κ1) is 8.09. The molecule has 0 spiro atoms. The molecule has 3 N–H and O–H groups in total. The van der Waals surface area contributed by atoms with Gasteiger partial charge in [0.1, 0.15) is 0 Å². The minimum Gasteiger partial charge on any atom is -0.397 e. The van der Waals surface area contributed by atoms with E-state index in [-0.39, 0.29) is 0 Å². The van der Waals surface area contributed by atoms with Crippen LogP contribution in [0.1, 0.15) is 19.3 Å². The molecule has 1 aromatic rings. The van der Waals surface area contributed by atoms with Gasteiger partial charge in [-0.15, -0.1) is 0 Å². The van der Waals surface area contributed by atoms with E-state index in [1.54, 1.807) is 6.20 Å². The average molecular weight is 189 g/mol. The number of anilines is 2. The molecule has 1 aromatic heterocycles. The molecule has 2 fully saturated rings. The topological polar surface area (TPSA) is 50.9 Å². The predicted octanol–water partition coefficient (Wildman–Crippen LogP) is 1.87. The molecule has 14 heavy (non-hydrogen) atoms. The SMILES string of the molecule is Nc1ccncc1NC1CC2CC2C1. The highest BCUT2D eigenvalue weighted by atomic mass is 15.0. The molecule has 74 valence electrons. The number of pyridine rings is 1. The summed E-state index contributed by atoms with van der Waals surface area (Å²) in [6.45, 7) is 0. The molecule has 0 aromatic carbocycles. The molecule has 3 rings (SSSR count). The molecule has 2 aliphatic rings.